The molecule has 1 aromatic carbocycles. The fourth-order valence-electron chi connectivity index (χ4n) is 2.29. The molecule has 0 spiro atoms. The number of para-hydroxylation sites is 1. The summed E-state index contributed by atoms with van der Waals surface area (Å²) in [6.45, 7) is 0. The van der Waals surface area contributed by atoms with Crippen molar-refractivity contribution in [3.05, 3.63) is 41.4 Å². The minimum atomic E-state index is -0.366. The maximum absolute atomic E-state index is 11.6. The number of nitrogens with one attached hydrogen (secondary N) is 1. The van der Waals surface area contributed by atoms with E-state index >= 15 is 0 Å². The minimum Gasteiger partial charge on any atom is -0.372 e. The van der Waals surface area contributed by atoms with E-state index in [4.69, 9.17) is 17.3 Å². The molecule has 0 aromatic heterocycles. The smallest absolute Gasteiger partial charge is 0.240 e. The van der Waals surface area contributed by atoms with Crippen LogP contribution in [-0.2, 0) is 4.79 Å². The van der Waals surface area contributed by atoms with Crippen molar-refractivity contribution in [2.75, 3.05) is 5.32 Å². The van der Waals surface area contributed by atoms with Crippen LogP contribution in [0.25, 0.3) is 0 Å². The van der Waals surface area contributed by atoms with Gasteiger partial charge in [0.25, 0.3) is 0 Å². The first-order chi connectivity index (χ1) is 8.68. The van der Waals surface area contributed by atoms with Crippen LogP contribution in [0.4, 0.5) is 5.69 Å². The predicted octanol–water partition coefficient (Wildman–Crippen LogP) is 2.96. The first kappa shape index (κ1) is 13.0. The fourth-order valence-corrected chi connectivity index (χ4v) is 2.48. The van der Waals surface area contributed by atoms with Gasteiger partial charge in [-0.3, -0.25) is 4.79 Å². The number of primary amides is 1. The molecule has 2 rings (SSSR count). The minimum absolute atomic E-state index is 0.240. The second kappa shape index (κ2) is 5.91. The monoisotopic (exact) mass is 264 g/mol. The zero-order valence-corrected chi connectivity index (χ0v) is 10.9. The summed E-state index contributed by atoms with van der Waals surface area (Å²) in [6.07, 6.45) is 7.10. The van der Waals surface area contributed by atoms with Gasteiger partial charge >= 0.3 is 0 Å². The molecular weight excluding hydrogens is 248 g/mol. The van der Waals surface area contributed by atoms with Gasteiger partial charge in [0.1, 0.15) is 6.04 Å². The van der Waals surface area contributed by atoms with E-state index in [9.17, 15) is 4.79 Å². The van der Waals surface area contributed by atoms with Crippen LogP contribution in [0.3, 0.4) is 0 Å². The van der Waals surface area contributed by atoms with Gasteiger partial charge in [0.15, 0.2) is 0 Å². The van der Waals surface area contributed by atoms with Crippen molar-refractivity contribution < 1.29 is 4.79 Å². The molecule has 2 atom stereocenters. The average Bonchev–Trinajstić information content (AvgIpc) is 2.38. The summed E-state index contributed by atoms with van der Waals surface area (Å²) in [6, 6.07) is 7.03. The zero-order valence-electron chi connectivity index (χ0n) is 10.1. The van der Waals surface area contributed by atoms with Crippen LogP contribution in [0.2, 0.25) is 5.02 Å². The van der Waals surface area contributed by atoms with Crippen LogP contribution in [0.15, 0.2) is 36.4 Å². The van der Waals surface area contributed by atoms with E-state index in [-0.39, 0.29) is 17.9 Å². The van der Waals surface area contributed by atoms with E-state index in [2.05, 4.69) is 17.5 Å². The zero-order chi connectivity index (χ0) is 13.0. The highest BCUT2D eigenvalue weighted by molar-refractivity contribution is 6.33. The lowest BCUT2D eigenvalue weighted by atomic mass is 9.87. The molecule has 18 heavy (non-hydrogen) atoms. The Bertz CT molecular complexity index is 459. The Morgan fingerprint density at radius 2 is 2.17 bits per heavy atom. The highest BCUT2D eigenvalue weighted by Gasteiger charge is 2.26. The van der Waals surface area contributed by atoms with Crippen LogP contribution in [0.1, 0.15) is 19.3 Å². The van der Waals surface area contributed by atoms with Gasteiger partial charge in [0, 0.05) is 0 Å². The van der Waals surface area contributed by atoms with Gasteiger partial charge in [-0.15, -0.1) is 0 Å². The predicted molar refractivity (Wildman–Crippen MR) is 74.5 cm³/mol. The van der Waals surface area contributed by atoms with Crippen LogP contribution in [0, 0.1) is 5.92 Å². The van der Waals surface area contributed by atoms with Gasteiger partial charge in [-0.05, 0) is 37.3 Å². The molecule has 0 saturated carbocycles. The molecule has 4 heteroatoms. The van der Waals surface area contributed by atoms with Gasteiger partial charge in [-0.25, -0.2) is 0 Å². The topological polar surface area (TPSA) is 55.1 Å². The van der Waals surface area contributed by atoms with E-state index < -0.39 is 0 Å². The van der Waals surface area contributed by atoms with Gasteiger partial charge in [-0.1, -0.05) is 35.9 Å². The van der Waals surface area contributed by atoms with E-state index in [1.807, 2.05) is 18.2 Å². The Morgan fingerprint density at radius 1 is 1.39 bits per heavy atom. The van der Waals surface area contributed by atoms with Crippen LogP contribution in [-0.4, -0.2) is 11.9 Å². The molecule has 0 radical (unpaired) electrons. The lowest BCUT2D eigenvalue weighted by molar-refractivity contribution is -0.119. The van der Waals surface area contributed by atoms with Crippen molar-refractivity contribution in [2.24, 2.45) is 11.7 Å². The highest BCUT2D eigenvalue weighted by atomic mass is 35.5. The van der Waals surface area contributed by atoms with Gasteiger partial charge < -0.3 is 11.1 Å². The number of benzene rings is 1. The number of hydrogen-bond donors (Lipinski definition) is 2. The first-order valence-electron chi connectivity index (χ1n) is 6.14. The largest absolute Gasteiger partial charge is 0.372 e. The quantitative estimate of drug-likeness (QED) is 0.822. The third-order valence-electron chi connectivity index (χ3n) is 3.27. The third-order valence-corrected chi connectivity index (χ3v) is 3.60. The maximum atomic E-state index is 11.6. The lowest BCUT2D eigenvalue weighted by Crippen LogP contribution is -2.42. The van der Waals surface area contributed by atoms with Crippen molar-refractivity contribution in [2.45, 2.75) is 25.3 Å². The number of carbonyl (C=O) groups is 1. The number of rotatable bonds is 4. The van der Waals surface area contributed by atoms with Crippen molar-refractivity contribution in [3.63, 3.8) is 0 Å². The van der Waals surface area contributed by atoms with Crippen molar-refractivity contribution in [3.8, 4) is 0 Å². The molecular formula is C14H17ClN2O. The summed E-state index contributed by atoms with van der Waals surface area (Å²) in [4.78, 5) is 11.6. The SMILES string of the molecule is NC(=O)C(Nc1ccccc1Cl)C1CC=CCC1. The van der Waals surface area contributed by atoms with E-state index in [0.29, 0.717) is 5.02 Å². The van der Waals surface area contributed by atoms with Crippen molar-refractivity contribution in [1.82, 2.24) is 0 Å². The van der Waals surface area contributed by atoms with Gasteiger partial charge in [0.2, 0.25) is 5.91 Å². The third kappa shape index (κ3) is 3.05. The average molecular weight is 265 g/mol. The Kier molecular flexibility index (Phi) is 4.26. The van der Waals surface area contributed by atoms with Gasteiger partial charge in [0.05, 0.1) is 10.7 Å². The Morgan fingerprint density at radius 3 is 2.78 bits per heavy atom. The molecule has 0 aliphatic heterocycles. The molecule has 0 heterocycles. The molecule has 1 amide bonds. The molecule has 0 saturated heterocycles. The number of amides is 1. The fraction of sp³-hybridized carbons (Fsp3) is 0.357. The molecule has 1 aliphatic carbocycles. The maximum Gasteiger partial charge on any atom is 0.240 e. The molecule has 3 nitrogen and oxygen atoms in total. The number of carbonyl (C=O) groups excluding carboxylic acids is 1. The number of anilines is 1. The summed E-state index contributed by atoms with van der Waals surface area (Å²) >= 11 is 6.08. The Balaban J connectivity index is 2.14. The molecule has 1 aromatic rings. The van der Waals surface area contributed by atoms with Crippen molar-refractivity contribution >= 4 is 23.2 Å². The second-order valence-electron chi connectivity index (χ2n) is 4.55. The molecule has 96 valence electrons. The standard InChI is InChI=1S/C14H17ClN2O/c15-11-8-4-5-9-12(11)17-13(14(16)18)10-6-2-1-3-7-10/h1-2,4-5,8-10,13,17H,3,6-7H2,(H2,16,18). The van der Waals surface area contributed by atoms with Gasteiger partial charge in [-0.2, -0.15) is 0 Å². The summed E-state index contributed by atoms with van der Waals surface area (Å²) < 4.78 is 0. The first-order valence-corrected chi connectivity index (χ1v) is 6.51. The van der Waals surface area contributed by atoms with E-state index in [0.717, 1.165) is 24.9 Å². The van der Waals surface area contributed by atoms with Crippen molar-refractivity contribution in [1.29, 1.82) is 0 Å². The molecule has 0 fully saturated rings. The second-order valence-corrected chi connectivity index (χ2v) is 4.96. The number of nitrogens with two attached hydrogens (primary N) is 1. The lowest BCUT2D eigenvalue weighted by Gasteiger charge is -2.27. The summed E-state index contributed by atoms with van der Waals surface area (Å²) in [5.41, 5.74) is 6.26. The van der Waals surface area contributed by atoms with E-state index in [1.165, 1.54) is 0 Å². The molecule has 1 aliphatic rings. The molecule has 0 bridgehead atoms. The number of allylic oxidation sites excluding steroid dienone is 2. The normalized spacial score (nSPS) is 20.4. The summed E-state index contributed by atoms with van der Waals surface area (Å²) in [7, 11) is 0. The summed E-state index contributed by atoms with van der Waals surface area (Å²) in [5.74, 6) is -0.0843. The molecule has 2 unspecified atom stereocenters. The van der Waals surface area contributed by atoms with Crippen LogP contribution >= 0.6 is 11.6 Å². The van der Waals surface area contributed by atoms with Crippen LogP contribution < -0.4 is 11.1 Å². The Hall–Kier alpha value is -1.48. The number of halogens is 1. The van der Waals surface area contributed by atoms with Crippen LogP contribution in [0.5, 0.6) is 0 Å². The molecule has 3 N–H and O–H groups in total. The number of hydrogen-bond acceptors (Lipinski definition) is 2. The Labute approximate surface area is 112 Å². The van der Waals surface area contributed by atoms with E-state index in [1.54, 1.807) is 6.07 Å². The summed E-state index contributed by atoms with van der Waals surface area (Å²) in [5, 5.41) is 3.78. The highest BCUT2D eigenvalue weighted by Crippen LogP contribution is 2.27.